The Morgan fingerprint density at radius 1 is 1.19 bits per heavy atom. The lowest BCUT2D eigenvalue weighted by molar-refractivity contribution is -0.122. The Balaban J connectivity index is 1.41. The number of rotatable bonds is 5. The minimum atomic E-state index is -0.240. The molecule has 7 heteroatoms. The molecule has 7 nitrogen and oxygen atoms in total. The average molecular weight is 413 g/mol. The van der Waals surface area contributed by atoms with Crippen molar-refractivity contribution in [3.63, 3.8) is 0 Å². The summed E-state index contributed by atoms with van der Waals surface area (Å²) in [6.45, 7) is 1.86. The molecular weight excluding hydrogens is 390 g/mol. The van der Waals surface area contributed by atoms with Crippen LogP contribution in [0, 0.1) is 12.8 Å². The highest BCUT2D eigenvalue weighted by molar-refractivity contribution is 6.10. The van der Waals surface area contributed by atoms with E-state index in [1.165, 1.54) is 0 Å². The molecule has 1 unspecified atom stereocenters. The number of pyridine rings is 1. The molecule has 2 aliphatic rings. The Morgan fingerprint density at radius 3 is 2.87 bits per heavy atom. The molecule has 1 aliphatic carbocycles. The monoisotopic (exact) mass is 413 g/mol. The maximum atomic E-state index is 12.7. The second kappa shape index (κ2) is 7.75. The van der Waals surface area contributed by atoms with Gasteiger partial charge in [0.05, 0.1) is 11.2 Å². The van der Waals surface area contributed by atoms with Crippen molar-refractivity contribution in [2.24, 2.45) is 5.92 Å². The molecule has 0 spiro atoms. The van der Waals surface area contributed by atoms with E-state index in [4.69, 9.17) is 0 Å². The fourth-order valence-electron chi connectivity index (χ4n) is 3.78. The predicted molar refractivity (Wildman–Crippen MR) is 120 cm³/mol. The first-order valence-corrected chi connectivity index (χ1v) is 10.4. The molecule has 1 aliphatic heterocycles. The van der Waals surface area contributed by atoms with E-state index in [2.05, 4.69) is 25.9 Å². The van der Waals surface area contributed by atoms with Gasteiger partial charge in [0.25, 0.3) is 5.91 Å². The molecule has 1 fully saturated rings. The first-order chi connectivity index (χ1) is 15.1. The van der Waals surface area contributed by atoms with E-state index >= 15 is 0 Å². The quantitative estimate of drug-likeness (QED) is 0.515. The molecule has 0 bridgehead atoms. The average Bonchev–Trinajstić information content (AvgIpc) is 3.53. The molecule has 0 radical (unpaired) electrons. The molecule has 2 amide bonds. The topological polar surface area (TPSA) is 98.9 Å². The van der Waals surface area contributed by atoms with Crippen molar-refractivity contribution in [2.75, 3.05) is 5.32 Å². The van der Waals surface area contributed by atoms with Gasteiger partial charge < -0.3 is 20.9 Å². The summed E-state index contributed by atoms with van der Waals surface area (Å²) < 4.78 is 0. The van der Waals surface area contributed by atoms with Crippen molar-refractivity contribution in [1.29, 1.82) is 0 Å². The second-order valence-electron chi connectivity index (χ2n) is 7.95. The lowest BCUT2D eigenvalue weighted by atomic mass is 10.0. The maximum Gasteiger partial charge on any atom is 0.255 e. The normalized spacial score (nSPS) is 17.7. The third kappa shape index (κ3) is 3.94. The number of anilines is 1. The van der Waals surface area contributed by atoms with Crippen LogP contribution in [0.4, 0.5) is 5.69 Å². The van der Waals surface area contributed by atoms with Crippen LogP contribution in [0.5, 0.6) is 0 Å². The van der Waals surface area contributed by atoms with Crippen LogP contribution in [-0.4, -0.2) is 27.9 Å². The van der Waals surface area contributed by atoms with Crippen molar-refractivity contribution >= 4 is 34.0 Å². The number of aromatic amines is 1. The Morgan fingerprint density at radius 2 is 2.06 bits per heavy atom. The smallest absolute Gasteiger partial charge is 0.255 e. The van der Waals surface area contributed by atoms with Gasteiger partial charge in [-0.25, -0.2) is 0 Å². The van der Waals surface area contributed by atoms with E-state index in [0.29, 0.717) is 11.3 Å². The summed E-state index contributed by atoms with van der Waals surface area (Å²) in [4.78, 5) is 32.2. The van der Waals surface area contributed by atoms with Gasteiger partial charge in [-0.1, -0.05) is 12.1 Å². The van der Waals surface area contributed by atoms with Crippen LogP contribution in [0.25, 0.3) is 16.5 Å². The summed E-state index contributed by atoms with van der Waals surface area (Å²) in [5.41, 5.74) is 4.92. The number of carbonyl (C=O) groups is 2. The van der Waals surface area contributed by atoms with Crippen LogP contribution in [0.15, 0.2) is 61.1 Å². The third-order valence-electron chi connectivity index (χ3n) is 5.56. The van der Waals surface area contributed by atoms with Gasteiger partial charge in [0.1, 0.15) is 6.17 Å². The molecule has 0 saturated heterocycles. The summed E-state index contributed by atoms with van der Waals surface area (Å²) in [5.74, 6) is 0.0738. The highest BCUT2D eigenvalue weighted by Gasteiger charge is 2.30. The number of hydrogen-bond acceptors (Lipinski definition) is 4. The van der Waals surface area contributed by atoms with Crippen LogP contribution in [0.2, 0.25) is 0 Å². The number of aromatic nitrogens is 2. The van der Waals surface area contributed by atoms with E-state index in [1.807, 2.05) is 49.7 Å². The Hall–Kier alpha value is -3.87. The fraction of sp³-hybridized carbons (Fsp3) is 0.208. The van der Waals surface area contributed by atoms with Crippen molar-refractivity contribution in [3.05, 3.63) is 77.9 Å². The fourth-order valence-corrected chi connectivity index (χ4v) is 3.78. The predicted octanol–water partition coefficient (Wildman–Crippen LogP) is 3.48. The van der Waals surface area contributed by atoms with Crippen LogP contribution >= 0.6 is 0 Å². The number of dihydropyridines is 1. The number of aryl methyl sites for hydroxylation is 1. The second-order valence-corrected chi connectivity index (χ2v) is 7.95. The molecule has 1 saturated carbocycles. The Bertz CT molecular complexity index is 1240. The first-order valence-electron chi connectivity index (χ1n) is 10.4. The highest BCUT2D eigenvalue weighted by atomic mass is 16.2. The standard InChI is InChI=1S/C24H23N5O2/c1-14-11-17(8-9-25-14)24(31)28-20-4-2-3-18-19(13-27-22(18)20)16-7-10-26-21(12-16)29-23(30)15-5-6-15/h2-4,7-13,15,21,26-27H,5-6H2,1H3,(H,28,31)(H,29,30). The van der Waals surface area contributed by atoms with Gasteiger partial charge in [0, 0.05) is 40.5 Å². The van der Waals surface area contributed by atoms with Crippen LogP contribution in [-0.2, 0) is 4.79 Å². The minimum absolute atomic E-state index is 0.0960. The zero-order chi connectivity index (χ0) is 21.4. The van der Waals surface area contributed by atoms with Crippen molar-refractivity contribution in [3.8, 4) is 0 Å². The molecule has 31 heavy (non-hydrogen) atoms. The third-order valence-corrected chi connectivity index (χ3v) is 5.56. The molecule has 1 aromatic carbocycles. The summed E-state index contributed by atoms with van der Waals surface area (Å²) in [5, 5.41) is 10.2. The van der Waals surface area contributed by atoms with E-state index in [1.54, 1.807) is 18.3 Å². The van der Waals surface area contributed by atoms with E-state index in [0.717, 1.165) is 40.6 Å². The first kappa shape index (κ1) is 19.1. The van der Waals surface area contributed by atoms with Gasteiger partial charge in [-0.15, -0.1) is 0 Å². The summed E-state index contributed by atoms with van der Waals surface area (Å²) in [6, 6.07) is 9.27. The van der Waals surface area contributed by atoms with Gasteiger partial charge in [-0.2, -0.15) is 0 Å². The molecule has 156 valence electrons. The molecule has 4 N–H and O–H groups in total. The van der Waals surface area contributed by atoms with Gasteiger partial charge >= 0.3 is 0 Å². The highest BCUT2D eigenvalue weighted by Crippen LogP contribution is 2.32. The summed E-state index contributed by atoms with van der Waals surface area (Å²) >= 11 is 0. The number of amides is 2. The number of nitrogens with one attached hydrogen (secondary N) is 4. The number of nitrogens with zero attached hydrogens (tertiary/aromatic N) is 1. The SMILES string of the molecule is Cc1cc(C(=O)Nc2cccc3c(C4=CC(NC(=O)C5CC5)NC=C4)c[nH]c23)ccn1. The van der Waals surface area contributed by atoms with E-state index in [9.17, 15) is 9.59 Å². The van der Waals surface area contributed by atoms with Crippen LogP contribution in [0.1, 0.15) is 34.5 Å². The number of allylic oxidation sites excluding steroid dienone is 2. The van der Waals surface area contributed by atoms with Gasteiger partial charge in [0.2, 0.25) is 5.91 Å². The summed E-state index contributed by atoms with van der Waals surface area (Å²) in [7, 11) is 0. The van der Waals surface area contributed by atoms with Gasteiger partial charge in [0.15, 0.2) is 0 Å². The zero-order valence-corrected chi connectivity index (χ0v) is 17.1. The minimum Gasteiger partial charge on any atom is -0.368 e. The maximum absolute atomic E-state index is 12.7. The molecule has 3 heterocycles. The number of H-pyrrole nitrogens is 1. The molecule has 5 rings (SSSR count). The Labute approximate surface area is 179 Å². The van der Waals surface area contributed by atoms with Crippen molar-refractivity contribution in [2.45, 2.75) is 25.9 Å². The largest absolute Gasteiger partial charge is 0.368 e. The van der Waals surface area contributed by atoms with E-state index in [-0.39, 0.29) is 23.9 Å². The Kier molecular flexibility index (Phi) is 4.78. The molecule has 2 aromatic heterocycles. The van der Waals surface area contributed by atoms with Crippen LogP contribution in [0.3, 0.4) is 0 Å². The molecule has 1 atom stereocenters. The van der Waals surface area contributed by atoms with Gasteiger partial charge in [-0.05, 0) is 61.9 Å². The molecule has 3 aromatic rings. The number of para-hydroxylation sites is 1. The van der Waals surface area contributed by atoms with Crippen molar-refractivity contribution < 1.29 is 9.59 Å². The number of fused-ring (bicyclic) bond motifs is 1. The number of carbonyl (C=O) groups excluding carboxylic acids is 2. The number of benzene rings is 1. The van der Waals surface area contributed by atoms with Gasteiger partial charge in [-0.3, -0.25) is 14.6 Å². The lowest BCUT2D eigenvalue weighted by Crippen LogP contribution is -2.43. The van der Waals surface area contributed by atoms with Crippen molar-refractivity contribution in [1.82, 2.24) is 20.6 Å². The van der Waals surface area contributed by atoms with E-state index < -0.39 is 0 Å². The zero-order valence-electron chi connectivity index (χ0n) is 17.1. The molecular formula is C24H23N5O2. The van der Waals surface area contributed by atoms with Crippen LogP contribution < -0.4 is 16.0 Å². The lowest BCUT2D eigenvalue weighted by Gasteiger charge is -2.20. The summed E-state index contributed by atoms with van der Waals surface area (Å²) in [6.07, 6.45) is 11.1. The number of hydrogen-bond donors (Lipinski definition) is 4.